The zero-order valence-corrected chi connectivity index (χ0v) is 30.5. The highest BCUT2D eigenvalue weighted by molar-refractivity contribution is 6.29. The van der Waals surface area contributed by atoms with E-state index in [0.717, 1.165) is 55.6 Å². The van der Waals surface area contributed by atoms with Gasteiger partial charge in [0.15, 0.2) is 5.58 Å². The van der Waals surface area contributed by atoms with Crippen molar-refractivity contribution in [2.45, 2.75) is 52.4 Å². The van der Waals surface area contributed by atoms with Crippen molar-refractivity contribution in [3.05, 3.63) is 144 Å². The second-order valence-electron chi connectivity index (χ2n) is 15.2. The molecule has 0 aliphatic carbocycles. The first-order valence-electron chi connectivity index (χ1n) is 17.3. The average Bonchev–Trinajstić information content (AvgIpc) is 3.49. The molecule has 0 spiro atoms. The van der Waals surface area contributed by atoms with Crippen LogP contribution >= 0.6 is 11.6 Å². The number of pyridine rings is 1. The molecule has 0 saturated heterocycles. The SMILES string of the molecule is CC(C)(C)c1cc(-c2cc(-c3nc(Cl)nc4c3oc3ccccc34)cc(N(c3ccccn3)c3cccc4ccccc34)c2)cc(C(C)(C)C)c1. The van der Waals surface area contributed by atoms with Crippen molar-refractivity contribution in [2.24, 2.45) is 0 Å². The molecule has 5 aromatic carbocycles. The molecular formula is C45H39ClN4O. The lowest BCUT2D eigenvalue weighted by Crippen LogP contribution is -2.16. The van der Waals surface area contributed by atoms with Gasteiger partial charge >= 0.3 is 0 Å². The largest absolute Gasteiger partial charge is 0.452 e. The van der Waals surface area contributed by atoms with E-state index in [0.29, 0.717) is 16.8 Å². The minimum atomic E-state index is -0.0555. The van der Waals surface area contributed by atoms with Crippen LogP contribution in [0.5, 0.6) is 0 Å². The van der Waals surface area contributed by atoms with Gasteiger partial charge in [0.2, 0.25) is 5.28 Å². The minimum absolute atomic E-state index is 0.0555. The molecule has 0 radical (unpaired) electrons. The fourth-order valence-corrected chi connectivity index (χ4v) is 6.92. The van der Waals surface area contributed by atoms with E-state index >= 15 is 0 Å². The van der Waals surface area contributed by atoms with Crippen LogP contribution in [-0.2, 0) is 10.8 Å². The summed E-state index contributed by atoms with van der Waals surface area (Å²) in [5, 5.41) is 3.32. The molecule has 8 aromatic rings. The molecule has 0 fully saturated rings. The fraction of sp³-hybridized carbons (Fsp3) is 0.178. The Hall–Kier alpha value is -5.52. The van der Waals surface area contributed by atoms with Crippen molar-refractivity contribution in [3.63, 3.8) is 0 Å². The molecule has 252 valence electrons. The molecule has 3 heterocycles. The molecule has 0 aliphatic rings. The van der Waals surface area contributed by atoms with E-state index in [9.17, 15) is 0 Å². The maximum absolute atomic E-state index is 6.70. The Labute approximate surface area is 303 Å². The van der Waals surface area contributed by atoms with Gasteiger partial charge in [0, 0.05) is 28.2 Å². The van der Waals surface area contributed by atoms with Crippen molar-refractivity contribution >= 4 is 61.6 Å². The Kier molecular flexibility index (Phi) is 7.92. The average molecular weight is 687 g/mol. The van der Waals surface area contributed by atoms with E-state index in [-0.39, 0.29) is 16.1 Å². The number of halogens is 1. The highest BCUT2D eigenvalue weighted by atomic mass is 35.5. The number of rotatable bonds is 5. The van der Waals surface area contributed by atoms with Gasteiger partial charge in [-0.25, -0.2) is 15.0 Å². The third-order valence-corrected chi connectivity index (χ3v) is 9.70. The molecular weight excluding hydrogens is 648 g/mol. The van der Waals surface area contributed by atoms with Gasteiger partial charge in [-0.1, -0.05) is 114 Å². The topological polar surface area (TPSA) is 55.1 Å². The first-order valence-corrected chi connectivity index (χ1v) is 17.7. The number of aromatic nitrogens is 3. The number of hydrogen-bond donors (Lipinski definition) is 0. The summed E-state index contributed by atoms with van der Waals surface area (Å²) >= 11 is 6.70. The number of benzene rings is 5. The Balaban J connectivity index is 1.47. The van der Waals surface area contributed by atoms with E-state index in [4.69, 9.17) is 26.0 Å². The van der Waals surface area contributed by atoms with Gasteiger partial charge in [-0.05, 0) is 98.6 Å². The molecule has 0 N–H and O–H groups in total. The quantitative estimate of drug-likeness (QED) is 0.169. The van der Waals surface area contributed by atoms with E-state index in [1.165, 1.54) is 11.1 Å². The van der Waals surface area contributed by atoms with Crippen LogP contribution in [0.2, 0.25) is 5.28 Å². The molecule has 0 bridgehead atoms. The minimum Gasteiger partial charge on any atom is -0.452 e. The summed E-state index contributed by atoms with van der Waals surface area (Å²) in [6.07, 6.45) is 1.84. The lowest BCUT2D eigenvalue weighted by molar-refractivity contribution is 0.569. The molecule has 6 heteroatoms. The van der Waals surface area contributed by atoms with Gasteiger partial charge in [0.1, 0.15) is 22.6 Å². The van der Waals surface area contributed by atoms with Crippen LogP contribution in [-0.4, -0.2) is 15.0 Å². The molecule has 0 aliphatic heterocycles. The van der Waals surface area contributed by atoms with Crippen molar-refractivity contribution < 1.29 is 4.42 Å². The summed E-state index contributed by atoms with van der Waals surface area (Å²) in [4.78, 5) is 16.6. The Bertz CT molecular complexity index is 2540. The lowest BCUT2D eigenvalue weighted by atomic mass is 9.79. The van der Waals surface area contributed by atoms with E-state index in [2.05, 4.69) is 130 Å². The molecule has 8 rings (SSSR count). The Morgan fingerprint density at radius 3 is 1.98 bits per heavy atom. The van der Waals surface area contributed by atoms with Gasteiger partial charge < -0.3 is 4.42 Å². The molecule has 0 saturated carbocycles. The smallest absolute Gasteiger partial charge is 0.223 e. The predicted molar refractivity (Wildman–Crippen MR) is 213 cm³/mol. The van der Waals surface area contributed by atoms with Crippen molar-refractivity contribution in [1.82, 2.24) is 15.0 Å². The highest BCUT2D eigenvalue weighted by Gasteiger charge is 2.24. The van der Waals surface area contributed by atoms with Gasteiger partial charge in [-0.3, -0.25) is 4.90 Å². The number of anilines is 3. The van der Waals surface area contributed by atoms with Crippen molar-refractivity contribution in [3.8, 4) is 22.4 Å². The maximum Gasteiger partial charge on any atom is 0.223 e. The molecule has 0 atom stereocenters. The van der Waals surface area contributed by atoms with Gasteiger partial charge in [-0.15, -0.1) is 0 Å². The first kappa shape index (κ1) is 32.7. The van der Waals surface area contributed by atoms with Crippen molar-refractivity contribution in [2.75, 3.05) is 4.90 Å². The van der Waals surface area contributed by atoms with Gasteiger partial charge in [0.05, 0.1) is 5.69 Å². The van der Waals surface area contributed by atoms with E-state index < -0.39 is 0 Å². The zero-order valence-electron chi connectivity index (χ0n) is 29.7. The van der Waals surface area contributed by atoms with Crippen LogP contribution in [0.25, 0.3) is 55.2 Å². The molecule has 3 aromatic heterocycles. The van der Waals surface area contributed by atoms with Crippen LogP contribution < -0.4 is 4.90 Å². The monoisotopic (exact) mass is 686 g/mol. The van der Waals surface area contributed by atoms with Crippen LogP contribution in [0, 0.1) is 0 Å². The normalized spacial score (nSPS) is 12.2. The predicted octanol–water partition coefficient (Wildman–Crippen LogP) is 13.0. The molecule has 0 unspecified atom stereocenters. The summed E-state index contributed by atoms with van der Waals surface area (Å²) in [5.41, 5.74) is 10.1. The number of hydrogen-bond acceptors (Lipinski definition) is 5. The first-order chi connectivity index (χ1) is 24.4. The number of fused-ring (bicyclic) bond motifs is 4. The summed E-state index contributed by atoms with van der Waals surface area (Å²) in [6, 6.07) is 42.4. The van der Waals surface area contributed by atoms with Gasteiger partial charge in [-0.2, -0.15) is 0 Å². The zero-order chi connectivity index (χ0) is 35.5. The van der Waals surface area contributed by atoms with Crippen LogP contribution in [0.15, 0.2) is 132 Å². The molecule has 0 amide bonds. The standard InChI is InChI=1S/C45H39ClN4O/c1-44(2,3)32-23-30(24-33(27-32)45(4,5)6)29-22-31(40-42-41(49-43(46)48-40)36-17-9-10-19-38(36)51-42)26-34(25-29)50(39-20-11-12-21-47-39)37-18-13-15-28-14-7-8-16-35(28)37/h7-27H,1-6H3. The van der Waals surface area contributed by atoms with E-state index in [1.807, 2.05) is 48.7 Å². The lowest BCUT2D eigenvalue weighted by Gasteiger charge is -2.28. The van der Waals surface area contributed by atoms with E-state index in [1.54, 1.807) is 0 Å². The highest BCUT2D eigenvalue weighted by Crippen LogP contribution is 2.44. The van der Waals surface area contributed by atoms with Crippen LogP contribution in [0.3, 0.4) is 0 Å². The Morgan fingerprint density at radius 2 is 1.25 bits per heavy atom. The van der Waals surface area contributed by atoms with Crippen molar-refractivity contribution in [1.29, 1.82) is 0 Å². The fourth-order valence-electron chi connectivity index (χ4n) is 6.75. The summed E-state index contributed by atoms with van der Waals surface area (Å²) in [5.74, 6) is 0.797. The third-order valence-electron chi connectivity index (χ3n) is 9.53. The summed E-state index contributed by atoms with van der Waals surface area (Å²) in [7, 11) is 0. The maximum atomic E-state index is 6.70. The molecule has 5 nitrogen and oxygen atoms in total. The third kappa shape index (κ3) is 6.12. The summed E-state index contributed by atoms with van der Waals surface area (Å²) in [6.45, 7) is 13.6. The Morgan fingerprint density at radius 1 is 0.608 bits per heavy atom. The van der Waals surface area contributed by atoms with Crippen LogP contribution in [0.1, 0.15) is 52.7 Å². The summed E-state index contributed by atoms with van der Waals surface area (Å²) < 4.78 is 6.48. The number of furan rings is 1. The number of nitrogens with zero attached hydrogens (tertiary/aromatic N) is 4. The second-order valence-corrected chi connectivity index (χ2v) is 15.5. The second kappa shape index (κ2) is 12.4. The number of para-hydroxylation sites is 1. The van der Waals surface area contributed by atoms with Crippen LogP contribution in [0.4, 0.5) is 17.2 Å². The molecule has 51 heavy (non-hydrogen) atoms. The van der Waals surface area contributed by atoms with Gasteiger partial charge in [0.25, 0.3) is 0 Å².